The first-order chi connectivity index (χ1) is 15.6. The molecule has 33 heavy (non-hydrogen) atoms. The smallest absolute Gasteiger partial charge is 0.480 e. The van der Waals surface area contributed by atoms with E-state index in [1.807, 2.05) is 42.5 Å². The lowest BCUT2D eigenvalue weighted by Crippen LogP contribution is -2.44. The Kier molecular flexibility index (Phi) is 8.55. The van der Waals surface area contributed by atoms with Crippen molar-refractivity contribution in [3.63, 3.8) is 0 Å². The Morgan fingerprint density at radius 3 is 2.06 bits per heavy atom. The molecular weight excluding hydrogens is 445 g/mol. The molecule has 2 aromatic carbocycles. The number of carboxylic acids is 2. The highest BCUT2D eigenvalue weighted by Gasteiger charge is 2.38. The number of aliphatic carboxylic acids is 2. The third-order valence-corrected chi connectivity index (χ3v) is 4.10. The Hall–Kier alpha value is -4.35. The number of amides is 2. The van der Waals surface area contributed by atoms with Crippen LogP contribution in [0.3, 0.4) is 0 Å². The molecule has 0 saturated carbocycles. The maximum Gasteiger partial charge on any atom is 0.490 e. The number of hydrogen-bond donors (Lipinski definition) is 5. The second-order valence-electron chi connectivity index (χ2n) is 6.55. The number of halogens is 3. The van der Waals surface area contributed by atoms with Gasteiger partial charge in [-0.3, -0.25) is 5.10 Å². The van der Waals surface area contributed by atoms with Gasteiger partial charge in [0.15, 0.2) is 0 Å². The zero-order chi connectivity index (χ0) is 24.4. The molecule has 1 heterocycles. The lowest BCUT2D eigenvalue weighted by atomic mass is 10.1. The number of hydrogen-bond acceptors (Lipinski definition) is 4. The van der Waals surface area contributed by atoms with Gasteiger partial charge in [0.25, 0.3) is 0 Å². The molecule has 0 unspecified atom stereocenters. The SMILES string of the molecule is O=C(Nc1ccc(-c2cn[nH]c2)cc1)N[C@H](Cc1ccccc1)C(=O)O.O=C(O)C(F)(F)F. The third-order valence-electron chi connectivity index (χ3n) is 4.10. The Morgan fingerprint density at radius 1 is 0.970 bits per heavy atom. The van der Waals surface area contributed by atoms with Gasteiger partial charge in [0.05, 0.1) is 6.20 Å². The number of aromatic amines is 1. The number of H-pyrrole nitrogens is 1. The number of anilines is 1. The van der Waals surface area contributed by atoms with Gasteiger partial charge in [-0.2, -0.15) is 18.3 Å². The van der Waals surface area contributed by atoms with Crippen LogP contribution in [0.4, 0.5) is 23.7 Å². The van der Waals surface area contributed by atoms with Gasteiger partial charge in [-0.1, -0.05) is 42.5 Å². The van der Waals surface area contributed by atoms with E-state index >= 15 is 0 Å². The van der Waals surface area contributed by atoms with E-state index in [2.05, 4.69) is 20.8 Å². The summed E-state index contributed by atoms with van der Waals surface area (Å²) in [4.78, 5) is 32.4. The minimum atomic E-state index is -5.08. The fourth-order valence-electron chi connectivity index (χ4n) is 2.53. The molecule has 0 radical (unpaired) electrons. The lowest BCUT2D eigenvalue weighted by Gasteiger charge is -2.15. The van der Waals surface area contributed by atoms with Crippen molar-refractivity contribution in [3.05, 3.63) is 72.6 Å². The Balaban J connectivity index is 0.000000479. The molecule has 0 bridgehead atoms. The number of nitrogens with one attached hydrogen (secondary N) is 3. The van der Waals surface area contributed by atoms with Crippen molar-refractivity contribution < 1.29 is 37.8 Å². The highest BCUT2D eigenvalue weighted by Crippen LogP contribution is 2.20. The number of nitrogens with zero attached hydrogens (tertiary/aromatic N) is 1. The number of carboxylic acid groups (broad SMARTS) is 2. The van der Waals surface area contributed by atoms with Crippen molar-refractivity contribution in [2.75, 3.05) is 5.32 Å². The van der Waals surface area contributed by atoms with Gasteiger partial charge in [-0.15, -0.1) is 0 Å². The van der Waals surface area contributed by atoms with Gasteiger partial charge in [0.1, 0.15) is 6.04 Å². The van der Waals surface area contributed by atoms with Gasteiger partial charge in [-0.05, 0) is 23.3 Å². The molecule has 0 aliphatic heterocycles. The molecule has 5 N–H and O–H groups in total. The Labute approximate surface area is 185 Å². The maximum atomic E-state index is 12.1. The second-order valence-corrected chi connectivity index (χ2v) is 6.55. The van der Waals surface area contributed by atoms with E-state index in [4.69, 9.17) is 9.90 Å². The monoisotopic (exact) mass is 464 g/mol. The number of urea groups is 1. The van der Waals surface area contributed by atoms with Crippen molar-refractivity contribution in [1.82, 2.24) is 15.5 Å². The molecule has 3 rings (SSSR count). The normalized spacial score (nSPS) is 11.5. The van der Waals surface area contributed by atoms with E-state index in [1.165, 1.54) is 0 Å². The Bertz CT molecular complexity index is 1060. The molecule has 12 heteroatoms. The van der Waals surface area contributed by atoms with Gasteiger partial charge in [-0.25, -0.2) is 14.4 Å². The number of aromatic nitrogens is 2. The number of benzene rings is 2. The fraction of sp³-hybridized carbons (Fsp3) is 0.143. The average Bonchev–Trinajstić information content (AvgIpc) is 3.29. The van der Waals surface area contributed by atoms with Crippen LogP contribution >= 0.6 is 0 Å². The predicted octanol–water partition coefficient (Wildman–Crippen LogP) is 3.53. The summed E-state index contributed by atoms with van der Waals surface area (Å²) < 4.78 is 31.7. The summed E-state index contributed by atoms with van der Waals surface area (Å²) in [5.74, 6) is -3.84. The van der Waals surface area contributed by atoms with Crippen molar-refractivity contribution >= 4 is 23.7 Å². The minimum Gasteiger partial charge on any atom is -0.480 e. The quantitative estimate of drug-likeness (QED) is 0.378. The van der Waals surface area contributed by atoms with Gasteiger partial charge in [0, 0.05) is 23.9 Å². The van der Waals surface area contributed by atoms with E-state index in [1.54, 1.807) is 24.5 Å². The van der Waals surface area contributed by atoms with E-state index in [0.29, 0.717) is 5.69 Å². The molecule has 9 nitrogen and oxygen atoms in total. The lowest BCUT2D eigenvalue weighted by molar-refractivity contribution is -0.192. The summed E-state index contributed by atoms with van der Waals surface area (Å²) in [7, 11) is 0. The molecule has 2 amide bonds. The van der Waals surface area contributed by atoms with Crippen LogP contribution in [0.25, 0.3) is 11.1 Å². The van der Waals surface area contributed by atoms with Crippen LogP contribution in [-0.4, -0.2) is 50.6 Å². The Morgan fingerprint density at radius 2 is 1.58 bits per heavy atom. The molecule has 0 aliphatic carbocycles. The minimum absolute atomic E-state index is 0.211. The average molecular weight is 464 g/mol. The molecule has 0 spiro atoms. The first-order valence-electron chi connectivity index (χ1n) is 9.30. The zero-order valence-electron chi connectivity index (χ0n) is 16.8. The molecule has 1 aromatic heterocycles. The number of carbonyl (C=O) groups is 3. The summed E-state index contributed by atoms with van der Waals surface area (Å²) in [5.41, 5.74) is 3.30. The number of rotatable bonds is 6. The van der Waals surface area contributed by atoms with Gasteiger partial charge >= 0.3 is 24.1 Å². The largest absolute Gasteiger partial charge is 0.490 e. The van der Waals surface area contributed by atoms with E-state index < -0.39 is 30.2 Å². The van der Waals surface area contributed by atoms with Crippen LogP contribution in [0.15, 0.2) is 67.0 Å². The third kappa shape index (κ3) is 8.36. The molecule has 174 valence electrons. The first-order valence-corrected chi connectivity index (χ1v) is 9.30. The summed E-state index contributed by atoms with van der Waals surface area (Å²) in [6.45, 7) is 0. The molecule has 0 aliphatic rings. The zero-order valence-corrected chi connectivity index (χ0v) is 16.8. The maximum absolute atomic E-state index is 12.1. The van der Waals surface area contributed by atoms with Crippen molar-refractivity contribution in [2.45, 2.75) is 18.6 Å². The standard InChI is InChI=1S/C19H18N4O3.C2HF3O2/c24-18(25)17(10-13-4-2-1-3-5-13)23-19(26)22-16-8-6-14(7-9-16)15-11-20-21-12-15;3-2(4,5)1(6)7/h1-9,11-12,17H,10H2,(H,20,21)(H,24,25)(H2,22,23,26);(H,6,7)/t17-;/m1./s1. The molecule has 0 saturated heterocycles. The van der Waals surface area contributed by atoms with Crippen molar-refractivity contribution in [2.24, 2.45) is 0 Å². The summed E-state index contributed by atoms with van der Waals surface area (Å²) in [5, 5.41) is 28.2. The highest BCUT2D eigenvalue weighted by atomic mass is 19.4. The van der Waals surface area contributed by atoms with Crippen LogP contribution in [0.5, 0.6) is 0 Å². The second kappa shape index (κ2) is 11.3. The van der Waals surface area contributed by atoms with Crippen LogP contribution in [0.2, 0.25) is 0 Å². The summed E-state index contributed by atoms with van der Waals surface area (Å²) in [6.07, 6.45) is -1.39. The fourth-order valence-corrected chi connectivity index (χ4v) is 2.53. The summed E-state index contributed by atoms with van der Waals surface area (Å²) >= 11 is 0. The molecular formula is C21H19F3N4O5. The number of alkyl halides is 3. The van der Waals surface area contributed by atoms with Crippen LogP contribution in [0.1, 0.15) is 5.56 Å². The van der Waals surface area contributed by atoms with Crippen molar-refractivity contribution in [1.29, 1.82) is 0 Å². The molecule has 3 aromatic rings. The first kappa shape index (κ1) is 24.9. The van der Waals surface area contributed by atoms with Gasteiger partial charge < -0.3 is 20.8 Å². The van der Waals surface area contributed by atoms with Gasteiger partial charge in [0.2, 0.25) is 0 Å². The predicted molar refractivity (Wildman–Crippen MR) is 111 cm³/mol. The van der Waals surface area contributed by atoms with E-state index in [-0.39, 0.29) is 6.42 Å². The molecule has 0 fully saturated rings. The van der Waals surface area contributed by atoms with Crippen molar-refractivity contribution in [3.8, 4) is 11.1 Å². The molecule has 1 atom stereocenters. The number of carbonyl (C=O) groups excluding carboxylic acids is 1. The van der Waals surface area contributed by atoms with E-state index in [0.717, 1.165) is 16.7 Å². The topological polar surface area (TPSA) is 144 Å². The van der Waals surface area contributed by atoms with Crippen LogP contribution < -0.4 is 10.6 Å². The van der Waals surface area contributed by atoms with Crippen LogP contribution in [-0.2, 0) is 16.0 Å². The summed E-state index contributed by atoms with van der Waals surface area (Å²) in [6, 6.07) is 14.8. The van der Waals surface area contributed by atoms with E-state index in [9.17, 15) is 27.9 Å². The highest BCUT2D eigenvalue weighted by molar-refractivity contribution is 5.92. The van der Waals surface area contributed by atoms with Crippen LogP contribution in [0, 0.1) is 0 Å².